The van der Waals surface area contributed by atoms with Gasteiger partial charge < -0.3 is 17.2 Å². The third kappa shape index (κ3) is 21.0. The molecule has 2 N–H and O–H groups in total. The van der Waals surface area contributed by atoms with Gasteiger partial charge >= 0.3 is 0 Å². The van der Waals surface area contributed by atoms with Crippen LogP contribution in [0.1, 0.15) is 6.92 Å². The summed E-state index contributed by atoms with van der Waals surface area (Å²) >= 11 is 0. The predicted octanol–water partition coefficient (Wildman–Crippen LogP) is -0.177. The van der Waals surface area contributed by atoms with Gasteiger partial charge in [-0.3, -0.25) is 0 Å². The Kier molecular flexibility index (Phi) is 44.7. The molecule has 0 aromatic carbocycles. The fourth-order valence-electron chi connectivity index (χ4n) is 0. The van der Waals surface area contributed by atoms with E-state index in [0.717, 1.165) is 0 Å². The van der Waals surface area contributed by atoms with Crippen LogP contribution in [0.5, 0.6) is 0 Å². The van der Waals surface area contributed by atoms with Crippen LogP contribution in [0.2, 0.25) is 0 Å². The van der Waals surface area contributed by atoms with E-state index < -0.39 is 0 Å². The summed E-state index contributed by atoms with van der Waals surface area (Å²) in [5.41, 5.74) is 0. The molecule has 0 aliphatic heterocycles. The van der Waals surface area contributed by atoms with Gasteiger partial charge in [0.25, 0.3) is 0 Å². The van der Waals surface area contributed by atoms with E-state index >= 15 is 0 Å². The van der Waals surface area contributed by atoms with Gasteiger partial charge in [-0.05, 0) is 0 Å². The van der Waals surface area contributed by atoms with Gasteiger partial charge in [0.1, 0.15) is 0 Å². The van der Waals surface area contributed by atoms with Crippen molar-refractivity contribution in [3.05, 3.63) is 0 Å². The van der Waals surface area contributed by atoms with E-state index in [9.17, 15) is 0 Å². The van der Waals surface area contributed by atoms with Crippen LogP contribution in [-0.2, 0) is 42.1 Å². The molecule has 0 aliphatic carbocycles. The minimum Gasteiger partial charge on any atom is -0.408 e. The van der Waals surface area contributed by atoms with Crippen LogP contribution in [0.25, 0.3) is 0 Å². The number of hydrogen-bond acceptors (Lipinski definition) is 2. The Hall–Kier alpha value is 0.847. The first-order valence-corrected chi connectivity index (χ1v) is 0.982. The summed E-state index contributed by atoms with van der Waals surface area (Å²) in [5, 5.41) is 2.99. The molecule has 0 rings (SSSR count). The maximum absolute atomic E-state index is 4.54. The third-order valence-electron chi connectivity index (χ3n) is 0.129. The molecule has 0 aliphatic rings. The number of rotatable bonds is 0. The van der Waals surface area contributed by atoms with Gasteiger partial charge in [-0.2, -0.15) is 6.92 Å². The number of hydrogen-bond donors (Lipinski definition) is 1. The summed E-state index contributed by atoms with van der Waals surface area (Å²) in [5.74, 6) is 4.54. The average molecular weight is 425 g/mol. The molecule has 0 saturated heterocycles. The van der Waals surface area contributed by atoms with Crippen molar-refractivity contribution in [3.63, 3.8) is 0 Å². The second-order valence-corrected chi connectivity index (χ2v) is 0.353. The summed E-state index contributed by atoms with van der Waals surface area (Å²) in [7, 11) is 0. The molecule has 0 aromatic rings. The van der Waals surface area contributed by atoms with E-state index in [1.54, 1.807) is 6.92 Å². The van der Waals surface area contributed by atoms with Crippen molar-refractivity contribution in [2.24, 2.45) is 10.9 Å². The van der Waals surface area contributed by atoms with Gasteiger partial charge in [-0.1, -0.05) is 0 Å². The summed E-state index contributed by atoms with van der Waals surface area (Å²) in [4.78, 5) is 0. The molecular weight excluding hydrogens is 420 g/mol. The summed E-state index contributed by atoms with van der Waals surface area (Å²) in [6, 6.07) is 0. The molecule has 6 heavy (non-hydrogen) atoms. The zero-order valence-corrected chi connectivity index (χ0v) is 9.21. The Bertz CT molecular complexity index is 24.7. The molecule has 0 heterocycles. The SMILES string of the molecule is C[C-]=NN.[W].[W]. The molecule has 0 radical (unpaired) electrons. The monoisotopic (exact) mass is 425 g/mol. The van der Waals surface area contributed by atoms with E-state index in [-0.39, 0.29) is 42.1 Å². The van der Waals surface area contributed by atoms with Gasteiger partial charge in [-0.15, -0.1) is 0 Å². The number of nitrogens with two attached hydrogens (primary N) is 1. The first-order valence-electron chi connectivity index (χ1n) is 0.982. The van der Waals surface area contributed by atoms with Crippen molar-refractivity contribution in [3.8, 4) is 0 Å². The van der Waals surface area contributed by atoms with Crippen molar-refractivity contribution in [2.75, 3.05) is 0 Å². The van der Waals surface area contributed by atoms with Crippen molar-refractivity contribution in [1.29, 1.82) is 0 Å². The first kappa shape index (κ1) is 15.8. The minimum absolute atomic E-state index is 0. The van der Waals surface area contributed by atoms with Crippen LogP contribution in [0, 0.1) is 0 Å². The Balaban J connectivity index is -0.0000000450. The molecule has 0 spiro atoms. The minimum atomic E-state index is 0. The standard InChI is InChI=1S/C2H5N2.2W/c1-2-4-3;;/h3H2,1H3;;/q-1;;. The first-order chi connectivity index (χ1) is 1.91. The van der Waals surface area contributed by atoms with Crippen LogP contribution in [0.4, 0.5) is 0 Å². The topological polar surface area (TPSA) is 38.4 Å². The number of hydrazone groups is 1. The van der Waals surface area contributed by atoms with Crippen LogP contribution in [-0.4, -0.2) is 6.21 Å². The predicted molar refractivity (Wildman–Crippen MR) is 17.3 cm³/mol. The van der Waals surface area contributed by atoms with Crippen LogP contribution in [0.3, 0.4) is 0 Å². The summed E-state index contributed by atoms with van der Waals surface area (Å²) in [6.07, 6.45) is 2.33. The van der Waals surface area contributed by atoms with E-state index in [2.05, 4.69) is 17.2 Å². The van der Waals surface area contributed by atoms with Gasteiger partial charge in [0.2, 0.25) is 0 Å². The smallest absolute Gasteiger partial charge is 0 e. The van der Waals surface area contributed by atoms with Crippen LogP contribution in [0.15, 0.2) is 5.10 Å². The molecule has 4 heteroatoms. The van der Waals surface area contributed by atoms with Crippen molar-refractivity contribution >= 4 is 6.21 Å². The molecule has 0 amide bonds. The fourth-order valence-corrected chi connectivity index (χ4v) is 0. The van der Waals surface area contributed by atoms with E-state index in [1.807, 2.05) is 0 Å². The van der Waals surface area contributed by atoms with E-state index in [4.69, 9.17) is 0 Å². The summed E-state index contributed by atoms with van der Waals surface area (Å²) < 4.78 is 0. The third-order valence-corrected chi connectivity index (χ3v) is 0.129. The van der Waals surface area contributed by atoms with Crippen LogP contribution < -0.4 is 5.84 Å². The van der Waals surface area contributed by atoms with Gasteiger partial charge in [0, 0.05) is 42.1 Å². The van der Waals surface area contributed by atoms with E-state index in [1.165, 1.54) is 0 Å². The van der Waals surface area contributed by atoms with Gasteiger partial charge in [0.05, 0.1) is 0 Å². The molecular formula is C2H5N2W2-. The van der Waals surface area contributed by atoms with Crippen molar-refractivity contribution in [2.45, 2.75) is 6.92 Å². The Labute approximate surface area is 66.1 Å². The fraction of sp³-hybridized carbons (Fsp3) is 0.500. The van der Waals surface area contributed by atoms with Crippen LogP contribution >= 0.6 is 0 Å². The summed E-state index contributed by atoms with van der Waals surface area (Å²) in [6.45, 7) is 1.64. The Morgan fingerprint density at radius 1 is 1.50 bits per heavy atom. The average Bonchev–Trinajstić information content (AvgIpc) is 1.37. The molecule has 0 saturated carbocycles. The maximum Gasteiger partial charge on any atom is 0 e. The van der Waals surface area contributed by atoms with Crippen molar-refractivity contribution < 1.29 is 42.1 Å². The second kappa shape index (κ2) is 16.9. The molecule has 0 bridgehead atoms. The van der Waals surface area contributed by atoms with E-state index in [0.29, 0.717) is 0 Å². The Morgan fingerprint density at radius 2 is 1.67 bits per heavy atom. The number of nitrogens with zero attached hydrogens (tertiary/aromatic N) is 1. The molecule has 0 unspecified atom stereocenters. The molecule has 0 aromatic heterocycles. The van der Waals surface area contributed by atoms with Crippen molar-refractivity contribution in [1.82, 2.24) is 0 Å². The zero-order chi connectivity index (χ0) is 3.41. The van der Waals surface area contributed by atoms with Gasteiger partial charge in [-0.25, -0.2) is 0 Å². The Morgan fingerprint density at radius 3 is 1.67 bits per heavy atom. The normalized spacial score (nSPS) is 6.17. The molecule has 2 nitrogen and oxygen atoms in total. The zero-order valence-electron chi connectivity index (χ0n) is 3.34. The van der Waals surface area contributed by atoms with Gasteiger partial charge in [0.15, 0.2) is 0 Å². The largest absolute Gasteiger partial charge is 0.408 e. The maximum atomic E-state index is 4.54. The second-order valence-electron chi connectivity index (χ2n) is 0.353. The molecule has 0 atom stereocenters. The molecule has 36 valence electrons. The quantitative estimate of drug-likeness (QED) is 0.249. The molecule has 0 fully saturated rings.